The van der Waals surface area contributed by atoms with Gasteiger partial charge in [-0.05, 0) is 54.6 Å². The lowest BCUT2D eigenvalue weighted by atomic mass is 10.0. The summed E-state index contributed by atoms with van der Waals surface area (Å²) in [5.74, 6) is -1.42. The van der Waals surface area contributed by atoms with Crippen LogP contribution in [0.3, 0.4) is 0 Å². The van der Waals surface area contributed by atoms with E-state index in [1.165, 1.54) is 12.1 Å². The topological polar surface area (TPSA) is 114 Å². The monoisotopic (exact) mass is 421 g/mol. The van der Waals surface area contributed by atoms with Crippen LogP contribution in [0, 0.1) is 6.92 Å². The van der Waals surface area contributed by atoms with E-state index in [0.29, 0.717) is 33.7 Å². The highest BCUT2D eigenvalue weighted by molar-refractivity contribution is 8.03. The normalized spacial score (nSPS) is 11.7. The van der Waals surface area contributed by atoms with Crippen LogP contribution in [0.2, 0.25) is 0 Å². The first-order valence-electron chi connectivity index (χ1n) is 8.84. The molecule has 0 radical (unpaired) electrons. The number of aromatic nitrogens is 1. The van der Waals surface area contributed by atoms with Gasteiger partial charge in [0.1, 0.15) is 21.9 Å². The number of carboxylic acid groups (broad SMARTS) is 2. The zero-order valence-corrected chi connectivity index (χ0v) is 16.5. The highest BCUT2D eigenvalue weighted by Gasteiger charge is 2.17. The minimum atomic E-state index is -1.15. The number of oxazole rings is 1. The summed E-state index contributed by atoms with van der Waals surface area (Å²) in [5, 5.41) is 19.1. The van der Waals surface area contributed by atoms with E-state index in [2.05, 4.69) is 4.98 Å². The molecule has 0 aliphatic rings. The van der Waals surface area contributed by atoms with Crippen molar-refractivity contribution < 1.29 is 28.6 Å². The number of para-hydroxylation sites is 2. The van der Waals surface area contributed by atoms with Crippen molar-refractivity contribution in [1.29, 1.82) is 0 Å². The second-order valence-electron chi connectivity index (χ2n) is 6.35. The lowest BCUT2D eigenvalue weighted by molar-refractivity contribution is -0.131. The van der Waals surface area contributed by atoms with Crippen molar-refractivity contribution >= 4 is 40.9 Å². The molecule has 0 aliphatic carbocycles. The van der Waals surface area contributed by atoms with Crippen LogP contribution in [0.1, 0.15) is 21.7 Å². The molecule has 2 heterocycles. The largest absolute Gasteiger partial charge is 0.478 e. The summed E-state index contributed by atoms with van der Waals surface area (Å²) in [7, 11) is 0. The maximum absolute atomic E-state index is 11.7. The van der Waals surface area contributed by atoms with Crippen molar-refractivity contribution in [2.24, 2.45) is 0 Å². The number of carbonyl (C=O) groups is 2. The van der Waals surface area contributed by atoms with Crippen LogP contribution < -0.4 is 0 Å². The Balaban J connectivity index is 1.65. The molecule has 0 bridgehead atoms. The number of benzene rings is 2. The van der Waals surface area contributed by atoms with Gasteiger partial charge in [-0.1, -0.05) is 24.3 Å². The lowest BCUT2D eigenvalue weighted by Gasteiger charge is -2.06. The molecule has 7 nitrogen and oxygen atoms in total. The number of hydrogen-bond donors (Lipinski definition) is 2. The van der Waals surface area contributed by atoms with Gasteiger partial charge in [0, 0.05) is 11.6 Å². The van der Waals surface area contributed by atoms with E-state index in [9.17, 15) is 19.8 Å². The summed E-state index contributed by atoms with van der Waals surface area (Å²) in [6.07, 6.45) is 1.38. The standard InChI is InChI=1S/C22H15NO6S/c1-12-14(5-4-6-15(12)20(24)25)17-10-9-13(28-17)11-19(21(26)27)30-22-23-16-7-2-3-8-18(16)29-22/h2-11H,1H3,(H,24,25)(H,26,27)/b19-11-. The predicted molar refractivity (Wildman–Crippen MR) is 111 cm³/mol. The fourth-order valence-corrected chi connectivity index (χ4v) is 3.69. The van der Waals surface area contributed by atoms with E-state index in [0.717, 1.165) is 11.8 Å². The summed E-state index contributed by atoms with van der Waals surface area (Å²) in [6, 6.07) is 15.4. The predicted octanol–water partition coefficient (Wildman–Crippen LogP) is 5.31. The SMILES string of the molecule is Cc1c(C(=O)O)cccc1-c1ccc(/C=C(\Sc2nc3ccccc3o2)C(=O)O)o1. The van der Waals surface area contributed by atoms with Gasteiger partial charge in [0.05, 0.1) is 5.56 Å². The van der Waals surface area contributed by atoms with Gasteiger partial charge in [-0.3, -0.25) is 0 Å². The number of fused-ring (bicyclic) bond motifs is 1. The van der Waals surface area contributed by atoms with E-state index >= 15 is 0 Å². The summed E-state index contributed by atoms with van der Waals surface area (Å²) in [6.45, 7) is 1.70. The molecule has 4 aromatic rings. The minimum Gasteiger partial charge on any atom is -0.478 e. The van der Waals surface area contributed by atoms with Gasteiger partial charge in [0.15, 0.2) is 5.58 Å². The number of thioether (sulfide) groups is 1. The third kappa shape index (κ3) is 3.85. The van der Waals surface area contributed by atoms with Gasteiger partial charge in [-0.25, -0.2) is 14.6 Å². The molecule has 150 valence electrons. The maximum Gasteiger partial charge on any atom is 0.342 e. The second-order valence-corrected chi connectivity index (χ2v) is 7.34. The highest BCUT2D eigenvalue weighted by atomic mass is 32.2. The summed E-state index contributed by atoms with van der Waals surface area (Å²) in [5.41, 5.74) is 2.57. The first kappa shape index (κ1) is 19.5. The number of hydrogen-bond acceptors (Lipinski definition) is 6. The van der Waals surface area contributed by atoms with Crippen molar-refractivity contribution in [3.8, 4) is 11.3 Å². The van der Waals surface area contributed by atoms with Gasteiger partial charge in [0.25, 0.3) is 5.22 Å². The molecule has 0 amide bonds. The summed E-state index contributed by atoms with van der Waals surface area (Å²) < 4.78 is 11.3. The molecule has 0 unspecified atom stereocenters. The van der Waals surface area contributed by atoms with Gasteiger partial charge in [0.2, 0.25) is 0 Å². The molecule has 0 saturated carbocycles. The Labute approximate surface area is 174 Å². The Kier molecular flexibility index (Phi) is 5.16. The first-order chi connectivity index (χ1) is 14.4. The lowest BCUT2D eigenvalue weighted by Crippen LogP contribution is -2.00. The molecule has 0 saturated heterocycles. The Bertz CT molecular complexity index is 1270. The zero-order valence-electron chi connectivity index (χ0n) is 15.7. The number of rotatable bonds is 6. The average Bonchev–Trinajstić information content (AvgIpc) is 3.33. The average molecular weight is 421 g/mol. The van der Waals surface area contributed by atoms with Crippen LogP contribution in [0.4, 0.5) is 0 Å². The van der Waals surface area contributed by atoms with E-state index in [1.807, 2.05) is 12.1 Å². The molecule has 2 aromatic carbocycles. The first-order valence-corrected chi connectivity index (χ1v) is 9.65. The summed E-state index contributed by atoms with van der Waals surface area (Å²) in [4.78, 5) is 27.3. The smallest absolute Gasteiger partial charge is 0.342 e. The molecular weight excluding hydrogens is 406 g/mol. The van der Waals surface area contributed by atoms with E-state index in [1.54, 1.807) is 43.3 Å². The zero-order chi connectivity index (χ0) is 21.3. The maximum atomic E-state index is 11.7. The Morgan fingerprint density at radius 2 is 1.80 bits per heavy atom. The number of furan rings is 1. The van der Waals surface area contributed by atoms with Crippen LogP contribution >= 0.6 is 11.8 Å². The molecule has 0 aliphatic heterocycles. The second kappa shape index (κ2) is 7.92. The quantitative estimate of drug-likeness (QED) is 0.318. The molecule has 2 N–H and O–H groups in total. The van der Waals surface area contributed by atoms with Crippen LogP contribution in [0.15, 0.2) is 73.6 Å². The van der Waals surface area contributed by atoms with Crippen molar-refractivity contribution in [1.82, 2.24) is 4.98 Å². The Hall–Kier alpha value is -3.78. The number of carboxylic acids is 2. The van der Waals surface area contributed by atoms with E-state index < -0.39 is 11.9 Å². The van der Waals surface area contributed by atoms with Crippen LogP contribution in [-0.2, 0) is 4.79 Å². The molecule has 2 aromatic heterocycles. The molecule has 0 spiro atoms. The molecular formula is C22H15NO6S. The minimum absolute atomic E-state index is 0.0292. The van der Waals surface area contributed by atoms with Crippen molar-refractivity contribution in [3.05, 3.63) is 76.4 Å². The van der Waals surface area contributed by atoms with Gasteiger partial charge < -0.3 is 19.0 Å². The number of nitrogens with zero attached hydrogens (tertiary/aromatic N) is 1. The Morgan fingerprint density at radius 3 is 2.53 bits per heavy atom. The third-order valence-corrected chi connectivity index (χ3v) is 5.27. The Morgan fingerprint density at radius 1 is 1.00 bits per heavy atom. The van der Waals surface area contributed by atoms with Gasteiger partial charge in [-0.2, -0.15) is 0 Å². The van der Waals surface area contributed by atoms with E-state index in [4.69, 9.17) is 8.83 Å². The van der Waals surface area contributed by atoms with Gasteiger partial charge >= 0.3 is 11.9 Å². The number of aliphatic carboxylic acids is 1. The van der Waals surface area contributed by atoms with Crippen molar-refractivity contribution in [3.63, 3.8) is 0 Å². The third-order valence-electron chi connectivity index (χ3n) is 4.41. The fourth-order valence-electron chi connectivity index (χ4n) is 2.96. The van der Waals surface area contributed by atoms with Crippen LogP contribution in [0.25, 0.3) is 28.5 Å². The highest BCUT2D eigenvalue weighted by Crippen LogP contribution is 2.32. The fraction of sp³-hybridized carbons (Fsp3) is 0.0455. The summed E-state index contributed by atoms with van der Waals surface area (Å²) >= 11 is 0.878. The van der Waals surface area contributed by atoms with Crippen LogP contribution in [-0.4, -0.2) is 27.1 Å². The molecule has 30 heavy (non-hydrogen) atoms. The molecule has 0 atom stereocenters. The van der Waals surface area contributed by atoms with Crippen LogP contribution in [0.5, 0.6) is 0 Å². The molecule has 4 rings (SSSR count). The molecule has 8 heteroatoms. The number of aromatic carboxylic acids is 1. The van der Waals surface area contributed by atoms with Crippen molar-refractivity contribution in [2.75, 3.05) is 0 Å². The van der Waals surface area contributed by atoms with Crippen molar-refractivity contribution in [2.45, 2.75) is 12.1 Å². The van der Waals surface area contributed by atoms with Gasteiger partial charge in [-0.15, -0.1) is 0 Å². The van der Waals surface area contributed by atoms with E-state index in [-0.39, 0.29) is 15.7 Å². The molecule has 0 fully saturated rings.